The molecular weight excluding hydrogens is 384 g/mol. The van der Waals surface area contributed by atoms with Crippen molar-refractivity contribution in [1.29, 1.82) is 0 Å². The first kappa shape index (κ1) is 22.5. The number of hydrogen-bond donors (Lipinski definition) is 0. The van der Waals surface area contributed by atoms with Crippen LogP contribution in [0.4, 0.5) is 0 Å². The van der Waals surface area contributed by atoms with Gasteiger partial charge in [-0.1, -0.05) is 43.0 Å². The van der Waals surface area contributed by atoms with Crippen LogP contribution in [0, 0.1) is 0 Å². The van der Waals surface area contributed by atoms with Crippen LogP contribution in [0.1, 0.15) is 11.1 Å². The number of carbonyl (C=O) groups is 2. The molecule has 0 atom stereocenters. The van der Waals surface area contributed by atoms with Crippen molar-refractivity contribution in [3.05, 3.63) is 84.0 Å². The molecule has 0 unspecified atom stereocenters. The van der Waals surface area contributed by atoms with Gasteiger partial charge >= 0.3 is 11.9 Å². The fourth-order valence-electron chi connectivity index (χ4n) is 2.35. The van der Waals surface area contributed by atoms with Crippen molar-refractivity contribution in [3.63, 3.8) is 0 Å². The molecule has 0 saturated heterocycles. The molecule has 0 N–H and O–H groups in total. The summed E-state index contributed by atoms with van der Waals surface area (Å²) < 4.78 is 20.8. The van der Waals surface area contributed by atoms with Crippen LogP contribution < -0.4 is 9.47 Å². The molecule has 0 spiro atoms. The summed E-state index contributed by atoms with van der Waals surface area (Å²) >= 11 is 0. The summed E-state index contributed by atoms with van der Waals surface area (Å²) in [6.07, 6.45) is 5.92. The Kier molecular flexibility index (Phi) is 8.93. The molecule has 0 aromatic heterocycles. The van der Waals surface area contributed by atoms with Crippen LogP contribution in [0.2, 0.25) is 0 Å². The summed E-state index contributed by atoms with van der Waals surface area (Å²) in [5.41, 5.74) is 2.21. The number of para-hydroxylation sites is 2. The first-order valence-electron chi connectivity index (χ1n) is 9.16. The Balaban J connectivity index is 1.94. The molecule has 0 saturated carbocycles. The molecule has 0 fully saturated rings. The van der Waals surface area contributed by atoms with Crippen molar-refractivity contribution < 1.29 is 28.5 Å². The number of ether oxygens (including phenoxy) is 4. The second kappa shape index (κ2) is 11.9. The number of methoxy groups -OCH3 is 2. The third kappa shape index (κ3) is 7.31. The largest absolute Gasteiger partial charge is 0.489 e. The fraction of sp³-hybridized carbons (Fsp3) is 0.167. The minimum absolute atomic E-state index is 0.239. The lowest BCUT2D eigenvalue weighted by Crippen LogP contribution is -2.09. The number of esters is 2. The Hall–Kier alpha value is -3.80. The van der Waals surface area contributed by atoms with Gasteiger partial charge < -0.3 is 18.9 Å². The second-order valence-corrected chi connectivity index (χ2v) is 6.12. The zero-order valence-corrected chi connectivity index (χ0v) is 17.0. The average molecular weight is 408 g/mol. The monoisotopic (exact) mass is 408 g/mol. The second-order valence-electron chi connectivity index (χ2n) is 6.12. The maximum absolute atomic E-state index is 11.3. The fourth-order valence-corrected chi connectivity index (χ4v) is 2.35. The predicted octanol–water partition coefficient (Wildman–Crippen LogP) is 4.07. The molecule has 0 radical (unpaired) electrons. The molecule has 0 aliphatic carbocycles. The summed E-state index contributed by atoms with van der Waals surface area (Å²) in [7, 11) is 2.64. The Morgan fingerprint density at radius 1 is 0.767 bits per heavy atom. The van der Waals surface area contributed by atoms with Crippen LogP contribution >= 0.6 is 0 Å². The average Bonchev–Trinajstić information content (AvgIpc) is 2.79. The van der Waals surface area contributed by atoms with Gasteiger partial charge in [0.15, 0.2) is 0 Å². The number of hydrogen-bond acceptors (Lipinski definition) is 6. The van der Waals surface area contributed by atoms with Gasteiger partial charge in [-0.15, -0.1) is 0 Å². The van der Waals surface area contributed by atoms with E-state index in [1.54, 1.807) is 24.3 Å². The van der Waals surface area contributed by atoms with Gasteiger partial charge in [0, 0.05) is 23.3 Å². The standard InChI is InChI=1S/C24H24O6/c1-18(16-29-21-10-6-4-8-19(21)12-14-23(25)27-2)17-30-22-11-7-5-9-20(22)13-15-24(26)28-3/h4-15H,1,16-17H2,2-3H3/b14-12+,15-13+. The van der Waals surface area contributed by atoms with Gasteiger partial charge in [0.25, 0.3) is 0 Å². The smallest absolute Gasteiger partial charge is 0.330 e. The summed E-state index contributed by atoms with van der Waals surface area (Å²) in [6, 6.07) is 14.6. The highest BCUT2D eigenvalue weighted by Gasteiger charge is 2.05. The van der Waals surface area contributed by atoms with E-state index in [2.05, 4.69) is 16.1 Å². The minimum atomic E-state index is -0.442. The molecule has 6 nitrogen and oxygen atoms in total. The van der Waals surface area contributed by atoms with E-state index in [0.717, 1.165) is 11.1 Å². The molecule has 30 heavy (non-hydrogen) atoms. The number of carbonyl (C=O) groups excluding carboxylic acids is 2. The van der Waals surface area contributed by atoms with Gasteiger partial charge in [-0.2, -0.15) is 0 Å². The van der Waals surface area contributed by atoms with E-state index in [1.807, 2.05) is 36.4 Å². The van der Waals surface area contributed by atoms with E-state index in [0.29, 0.717) is 17.1 Å². The van der Waals surface area contributed by atoms with Crippen LogP contribution in [-0.4, -0.2) is 39.4 Å². The lowest BCUT2D eigenvalue weighted by Gasteiger charge is -2.13. The molecule has 156 valence electrons. The van der Waals surface area contributed by atoms with Crippen molar-refractivity contribution >= 4 is 24.1 Å². The maximum Gasteiger partial charge on any atom is 0.330 e. The van der Waals surface area contributed by atoms with Gasteiger partial charge in [-0.05, 0) is 29.9 Å². The molecule has 0 bridgehead atoms. The van der Waals surface area contributed by atoms with E-state index in [4.69, 9.17) is 9.47 Å². The van der Waals surface area contributed by atoms with E-state index < -0.39 is 11.9 Å². The Morgan fingerprint density at radius 3 is 1.57 bits per heavy atom. The molecule has 2 aromatic rings. The maximum atomic E-state index is 11.3. The van der Waals surface area contributed by atoms with E-state index in [1.165, 1.54) is 26.4 Å². The predicted molar refractivity (Wildman–Crippen MR) is 115 cm³/mol. The molecule has 0 amide bonds. The zero-order chi connectivity index (χ0) is 21.8. The van der Waals surface area contributed by atoms with Gasteiger partial charge in [-0.25, -0.2) is 9.59 Å². The lowest BCUT2D eigenvalue weighted by molar-refractivity contribution is -0.135. The lowest BCUT2D eigenvalue weighted by atomic mass is 10.2. The third-order valence-corrected chi connectivity index (χ3v) is 3.90. The molecule has 0 aliphatic heterocycles. The van der Waals surface area contributed by atoms with E-state index >= 15 is 0 Å². The van der Waals surface area contributed by atoms with Crippen LogP contribution in [0.25, 0.3) is 12.2 Å². The molecular formula is C24H24O6. The van der Waals surface area contributed by atoms with Crippen molar-refractivity contribution in [2.75, 3.05) is 27.4 Å². The zero-order valence-electron chi connectivity index (χ0n) is 17.0. The first-order chi connectivity index (χ1) is 14.5. The van der Waals surface area contributed by atoms with Gasteiger partial charge in [0.2, 0.25) is 0 Å². The Labute approximate surface area is 176 Å². The summed E-state index contributed by atoms with van der Waals surface area (Å²) in [5.74, 6) is 0.338. The molecule has 2 aromatic carbocycles. The highest BCUT2D eigenvalue weighted by Crippen LogP contribution is 2.22. The van der Waals surface area contributed by atoms with Gasteiger partial charge in [0.05, 0.1) is 14.2 Å². The summed E-state index contributed by atoms with van der Waals surface area (Å²) in [4.78, 5) is 22.6. The van der Waals surface area contributed by atoms with Crippen molar-refractivity contribution in [2.45, 2.75) is 0 Å². The normalized spacial score (nSPS) is 10.7. The van der Waals surface area contributed by atoms with Crippen LogP contribution in [0.3, 0.4) is 0 Å². The van der Waals surface area contributed by atoms with Crippen molar-refractivity contribution in [1.82, 2.24) is 0 Å². The minimum Gasteiger partial charge on any atom is -0.489 e. The number of benzene rings is 2. The first-order valence-corrected chi connectivity index (χ1v) is 9.16. The third-order valence-electron chi connectivity index (χ3n) is 3.90. The quantitative estimate of drug-likeness (QED) is 0.335. The van der Waals surface area contributed by atoms with Crippen molar-refractivity contribution in [2.24, 2.45) is 0 Å². The van der Waals surface area contributed by atoms with Crippen LogP contribution in [-0.2, 0) is 19.1 Å². The highest BCUT2D eigenvalue weighted by atomic mass is 16.5. The Bertz CT molecular complexity index is 867. The van der Waals surface area contributed by atoms with Gasteiger partial charge in [-0.3, -0.25) is 0 Å². The topological polar surface area (TPSA) is 71.1 Å². The summed E-state index contributed by atoms with van der Waals surface area (Å²) in [5, 5.41) is 0. The van der Waals surface area contributed by atoms with Crippen molar-refractivity contribution in [3.8, 4) is 11.5 Å². The number of rotatable bonds is 10. The molecule has 6 heteroatoms. The van der Waals surface area contributed by atoms with Gasteiger partial charge in [0.1, 0.15) is 24.7 Å². The van der Waals surface area contributed by atoms with E-state index in [9.17, 15) is 9.59 Å². The molecule has 0 heterocycles. The molecule has 0 aliphatic rings. The van der Waals surface area contributed by atoms with Crippen LogP contribution in [0.15, 0.2) is 72.8 Å². The molecule has 2 rings (SSSR count). The highest BCUT2D eigenvalue weighted by molar-refractivity contribution is 5.88. The summed E-state index contributed by atoms with van der Waals surface area (Å²) in [6.45, 7) is 4.46. The Morgan fingerprint density at radius 2 is 1.17 bits per heavy atom. The van der Waals surface area contributed by atoms with Crippen LogP contribution in [0.5, 0.6) is 11.5 Å². The SMILES string of the molecule is C=C(COc1ccccc1/C=C/C(=O)OC)COc1ccccc1/C=C/C(=O)OC. The van der Waals surface area contributed by atoms with E-state index in [-0.39, 0.29) is 13.2 Å².